The fraction of sp³-hybridized carbons (Fsp3) is 0.419. The molecule has 0 amide bonds. The smallest absolute Gasteiger partial charge is 0.416 e. The molecule has 0 unspecified atom stereocenters. The van der Waals surface area contributed by atoms with Crippen LogP contribution in [0, 0.1) is 11.3 Å². The Labute approximate surface area is 232 Å². The Morgan fingerprint density at radius 1 is 1.12 bits per heavy atom. The SMILES string of the molecule is CCOc1ncccc1-c1ccc2c(c1)N(C[C@H]1CCN1)CC21CCN(c2ccc(C(F)(F)F)cc2C#N)CC1. The number of benzene rings is 2. The first-order valence-electron chi connectivity index (χ1n) is 13.9. The lowest BCUT2D eigenvalue weighted by molar-refractivity contribution is -0.137. The van der Waals surface area contributed by atoms with Crippen LogP contribution in [0.4, 0.5) is 24.5 Å². The number of nitrogens with one attached hydrogen (secondary N) is 1. The van der Waals surface area contributed by atoms with Crippen molar-refractivity contribution in [2.45, 2.75) is 43.8 Å². The summed E-state index contributed by atoms with van der Waals surface area (Å²) in [6.45, 7) is 6.73. The standard InChI is InChI=1S/C31H32F3N5O/c1-2-40-29-25(4-3-12-37-29)21-5-7-26-28(17-21)39(19-24-9-13-36-24)20-30(26)10-14-38(15-11-30)27-8-6-23(31(32,33)34)16-22(27)18-35/h3-8,12,16-17,24,36H,2,9-11,13-15,19-20H2,1H3/t24-/m1/s1. The number of hydrogen-bond acceptors (Lipinski definition) is 6. The monoisotopic (exact) mass is 547 g/mol. The topological polar surface area (TPSA) is 64.4 Å². The van der Waals surface area contributed by atoms with Gasteiger partial charge in [-0.25, -0.2) is 4.98 Å². The molecule has 1 N–H and O–H groups in total. The van der Waals surface area contributed by atoms with Crippen LogP contribution < -0.4 is 19.9 Å². The van der Waals surface area contributed by atoms with Crippen molar-refractivity contribution in [2.24, 2.45) is 0 Å². The van der Waals surface area contributed by atoms with Gasteiger partial charge in [0.15, 0.2) is 0 Å². The van der Waals surface area contributed by atoms with Crippen molar-refractivity contribution in [1.82, 2.24) is 10.3 Å². The van der Waals surface area contributed by atoms with Gasteiger partial charge >= 0.3 is 6.18 Å². The molecule has 1 aromatic heterocycles. The van der Waals surface area contributed by atoms with Gasteiger partial charge < -0.3 is 19.9 Å². The minimum Gasteiger partial charge on any atom is -0.478 e. The predicted molar refractivity (Wildman–Crippen MR) is 149 cm³/mol. The van der Waals surface area contributed by atoms with Gasteiger partial charge in [-0.3, -0.25) is 0 Å². The van der Waals surface area contributed by atoms with Crippen molar-refractivity contribution < 1.29 is 17.9 Å². The van der Waals surface area contributed by atoms with E-state index < -0.39 is 11.7 Å². The van der Waals surface area contributed by atoms with Crippen LogP contribution in [0.2, 0.25) is 0 Å². The Morgan fingerprint density at radius 2 is 1.93 bits per heavy atom. The van der Waals surface area contributed by atoms with E-state index in [1.54, 1.807) is 6.20 Å². The van der Waals surface area contributed by atoms with E-state index in [1.807, 2.05) is 25.1 Å². The van der Waals surface area contributed by atoms with Crippen molar-refractivity contribution in [3.63, 3.8) is 0 Å². The average molecular weight is 548 g/mol. The van der Waals surface area contributed by atoms with Gasteiger partial charge in [0.2, 0.25) is 5.88 Å². The normalized spacial score (nSPS) is 19.7. The summed E-state index contributed by atoms with van der Waals surface area (Å²) in [5, 5.41) is 13.2. The molecule has 3 aliphatic heterocycles. The van der Waals surface area contributed by atoms with Gasteiger partial charge in [0.05, 0.1) is 23.4 Å². The molecule has 0 saturated carbocycles. The number of fused-ring (bicyclic) bond motifs is 2. The fourth-order valence-corrected chi connectivity index (χ4v) is 6.42. The molecule has 3 aromatic rings. The molecule has 6 rings (SSSR count). The van der Waals surface area contributed by atoms with E-state index in [1.165, 1.54) is 17.3 Å². The van der Waals surface area contributed by atoms with E-state index >= 15 is 0 Å². The highest BCUT2D eigenvalue weighted by Crippen LogP contribution is 2.49. The third kappa shape index (κ3) is 4.75. The first kappa shape index (κ1) is 26.5. The van der Waals surface area contributed by atoms with Gasteiger partial charge in [-0.15, -0.1) is 0 Å². The molecule has 2 saturated heterocycles. The lowest BCUT2D eigenvalue weighted by atomic mass is 9.74. The number of halogens is 3. The molecule has 0 bridgehead atoms. The molecule has 1 atom stereocenters. The van der Waals surface area contributed by atoms with Crippen molar-refractivity contribution >= 4 is 11.4 Å². The largest absolute Gasteiger partial charge is 0.478 e. The highest BCUT2D eigenvalue weighted by Gasteiger charge is 2.45. The molecule has 2 aromatic carbocycles. The Bertz CT molecular complexity index is 1440. The van der Waals surface area contributed by atoms with E-state index in [-0.39, 0.29) is 11.0 Å². The first-order chi connectivity index (χ1) is 19.3. The number of piperidine rings is 1. The summed E-state index contributed by atoms with van der Waals surface area (Å²) in [7, 11) is 0. The van der Waals surface area contributed by atoms with Crippen LogP contribution in [-0.4, -0.2) is 50.4 Å². The van der Waals surface area contributed by atoms with Crippen LogP contribution >= 0.6 is 0 Å². The quantitative estimate of drug-likeness (QED) is 0.424. The van der Waals surface area contributed by atoms with Gasteiger partial charge in [0.25, 0.3) is 0 Å². The van der Waals surface area contributed by atoms with E-state index in [2.05, 4.69) is 38.3 Å². The number of pyridine rings is 1. The number of nitriles is 1. The molecule has 1 spiro atoms. The number of alkyl halides is 3. The summed E-state index contributed by atoms with van der Waals surface area (Å²) in [6.07, 6.45) is 0.149. The molecule has 2 fully saturated rings. The molecule has 40 heavy (non-hydrogen) atoms. The number of anilines is 2. The van der Waals surface area contributed by atoms with Gasteiger partial charge in [-0.05, 0) is 80.3 Å². The summed E-state index contributed by atoms with van der Waals surface area (Å²) in [5.41, 5.74) is 4.41. The lowest BCUT2D eigenvalue weighted by Crippen LogP contribution is -2.52. The molecule has 0 aliphatic carbocycles. The second kappa shape index (κ2) is 10.3. The molecule has 4 heterocycles. The number of ether oxygens (including phenoxy) is 1. The maximum Gasteiger partial charge on any atom is 0.416 e. The van der Waals surface area contributed by atoms with Crippen LogP contribution in [0.25, 0.3) is 11.1 Å². The van der Waals surface area contributed by atoms with Crippen molar-refractivity contribution in [3.05, 3.63) is 71.4 Å². The zero-order chi connectivity index (χ0) is 27.9. The third-order valence-corrected chi connectivity index (χ3v) is 8.64. The van der Waals surface area contributed by atoms with Crippen molar-refractivity contribution in [1.29, 1.82) is 5.26 Å². The van der Waals surface area contributed by atoms with Crippen LogP contribution in [0.1, 0.15) is 42.9 Å². The second-order valence-electron chi connectivity index (χ2n) is 11.0. The number of rotatable bonds is 6. The zero-order valence-corrected chi connectivity index (χ0v) is 22.5. The highest BCUT2D eigenvalue weighted by molar-refractivity contribution is 5.76. The van der Waals surface area contributed by atoms with E-state index in [0.717, 1.165) is 62.2 Å². The third-order valence-electron chi connectivity index (χ3n) is 8.64. The second-order valence-corrected chi connectivity index (χ2v) is 11.0. The Kier molecular flexibility index (Phi) is 6.83. The van der Waals surface area contributed by atoms with E-state index in [0.29, 0.717) is 37.3 Å². The molecule has 0 radical (unpaired) electrons. The van der Waals surface area contributed by atoms with Crippen LogP contribution in [0.5, 0.6) is 5.88 Å². The van der Waals surface area contributed by atoms with Gasteiger partial charge in [0, 0.05) is 55.1 Å². The summed E-state index contributed by atoms with van der Waals surface area (Å²) < 4.78 is 45.5. The Hall–Kier alpha value is -3.77. The van der Waals surface area contributed by atoms with Gasteiger partial charge in [0.1, 0.15) is 6.07 Å². The van der Waals surface area contributed by atoms with Gasteiger partial charge in [-0.2, -0.15) is 18.4 Å². The van der Waals surface area contributed by atoms with E-state index in [4.69, 9.17) is 4.74 Å². The van der Waals surface area contributed by atoms with Crippen molar-refractivity contribution in [3.8, 4) is 23.1 Å². The first-order valence-corrected chi connectivity index (χ1v) is 13.9. The maximum atomic E-state index is 13.2. The van der Waals surface area contributed by atoms with Crippen molar-refractivity contribution in [2.75, 3.05) is 49.1 Å². The molecule has 208 valence electrons. The van der Waals surface area contributed by atoms with Gasteiger partial charge in [-0.1, -0.05) is 12.1 Å². The average Bonchev–Trinajstić information content (AvgIpc) is 3.22. The molecular weight excluding hydrogens is 515 g/mol. The predicted octanol–water partition coefficient (Wildman–Crippen LogP) is 5.76. The molecule has 9 heteroatoms. The Balaban J connectivity index is 1.29. The minimum atomic E-state index is -4.47. The van der Waals surface area contributed by atoms with Crippen LogP contribution in [-0.2, 0) is 11.6 Å². The highest BCUT2D eigenvalue weighted by atomic mass is 19.4. The van der Waals surface area contributed by atoms with Crippen LogP contribution in [0.15, 0.2) is 54.7 Å². The number of hydrogen-bond donors (Lipinski definition) is 1. The molecule has 6 nitrogen and oxygen atoms in total. The molecule has 3 aliphatic rings. The zero-order valence-electron chi connectivity index (χ0n) is 22.5. The van der Waals surface area contributed by atoms with Crippen LogP contribution in [0.3, 0.4) is 0 Å². The van der Waals surface area contributed by atoms with E-state index in [9.17, 15) is 18.4 Å². The summed E-state index contributed by atoms with van der Waals surface area (Å²) >= 11 is 0. The molecular formula is C31H32F3N5O. The summed E-state index contributed by atoms with van der Waals surface area (Å²) in [6, 6.07) is 16.6. The Morgan fingerprint density at radius 3 is 2.60 bits per heavy atom. The number of nitrogens with zero attached hydrogens (tertiary/aromatic N) is 4. The number of aromatic nitrogens is 1. The minimum absolute atomic E-state index is 0.0511. The lowest BCUT2D eigenvalue weighted by Gasteiger charge is -2.42. The maximum absolute atomic E-state index is 13.2. The summed E-state index contributed by atoms with van der Waals surface area (Å²) in [5.74, 6) is 0.628. The summed E-state index contributed by atoms with van der Waals surface area (Å²) in [4.78, 5) is 9.01. The fourth-order valence-electron chi connectivity index (χ4n) is 6.42.